The van der Waals surface area contributed by atoms with E-state index in [1.54, 1.807) is 0 Å². The van der Waals surface area contributed by atoms with Gasteiger partial charge in [-0.25, -0.2) is 0 Å². The summed E-state index contributed by atoms with van der Waals surface area (Å²) < 4.78 is 0. The van der Waals surface area contributed by atoms with Crippen molar-refractivity contribution in [1.29, 1.82) is 0 Å². The van der Waals surface area contributed by atoms with E-state index in [0.717, 1.165) is 0 Å². The number of nitrogens with two attached hydrogens (primary N) is 1. The van der Waals surface area contributed by atoms with Crippen LogP contribution < -0.4 is 11.1 Å². The van der Waals surface area contributed by atoms with Crippen LogP contribution in [0.3, 0.4) is 0 Å². The quantitative estimate of drug-likeness (QED) is 0.420. The van der Waals surface area contributed by atoms with Crippen LogP contribution in [0, 0.1) is 0 Å². The van der Waals surface area contributed by atoms with E-state index in [4.69, 9.17) is 5.73 Å². The highest BCUT2D eigenvalue weighted by Gasteiger charge is 2.47. The summed E-state index contributed by atoms with van der Waals surface area (Å²) in [5.74, 6) is 0. The second kappa shape index (κ2) is 1.04. The Morgan fingerprint density at radius 2 is 2.38 bits per heavy atom. The minimum absolute atomic E-state index is 0.172. The van der Waals surface area contributed by atoms with Crippen LogP contribution in [0.4, 0.5) is 0 Å². The van der Waals surface area contributed by atoms with Crippen molar-refractivity contribution >= 4 is 0 Å². The van der Waals surface area contributed by atoms with Crippen molar-refractivity contribution in [3.8, 4) is 0 Å². The summed E-state index contributed by atoms with van der Waals surface area (Å²) in [4.78, 5) is 0. The lowest BCUT2D eigenvalue weighted by Gasteiger charge is -1.99. The highest BCUT2D eigenvalue weighted by molar-refractivity contribution is 5.35. The highest BCUT2D eigenvalue weighted by Crippen LogP contribution is 2.25. The zero-order valence-electron chi connectivity index (χ0n) is 4.46. The fourth-order valence-electron chi connectivity index (χ4n) is 0.977. The lowest BCUT2D eigenvalue weighted by atomic mass is 10.1. The van der Waals surface area contributed by atoms with Crippen LogP contribution >= 0.6 is 0 Å². The molecule has 8 heavy (non-hydrogen) atoms. The maximum atomic E-state index is 5.70. The molecular weight excluding hydrogens is 100 g/mol. The summed E-state index contributed by atoms with van der Waals surface area (Å²) >= 11 is 0. The number of nitrogens with one attached hydrogen (secondary N) is 1. The molecule has 1 aliphatic heterocycles. The third-order valence-electron chi connectivity index (χ3n) is 1.62. The summed E-state index contributed by atoms with van der Waals surface area (Å²) in [5, 5.41) is 3.11. The van der Waals surface area contributed by atoms with Gasteiger partial charge < -0.3 is 5.73 Å². The van der Waals surface area contributed by atoms with Crippen molar-refractivity contribution in [2.24, 2.45) is 5.73 Å². The monoisotopic (exact) mass is 108 g/mol. The van der Waals surface area contributed by atoms with Crippen molar-refractivity contribution in [3.05, 3.63) is 24.3 Å². The van der Waals surface area contributed by atoms with Crippen LogP contribution in [-0.4, -0.2) is 11.7 Å². The van der Waals surface area contributed by atoms with Crippen LogP contribution in [0.2, 0.25) is 0 Å². The Morgan fingerprint density at radius 3 is 2.88 bits per heavy atom. The lowest BCUT2D eigenvalue weighted by molar-refractivity contribution is 0.810. The van der Waals surface area contributed by atoms with Gasteiger partial charge in [0.15, 0.2) is 0 Å². The summed E-state index contributed by atoms with van der Waals surface area (Å²) in [6.07, 6.45) is 8.03. The zero-order chi connectivity index (χ0) is 5.61. The molecule has 1 fully saturated rings. The predicted octanol–water partition coefficient (Wildman–Crippen LogP) is -0.261. The standard InChI is InChI=1S/C6H8N2/c7-6-4-2-1-3-5(6)8-6/h1-5,8H,7H2. The van der Waals surface area contributed by atoms with E-state index in [0.29, 0.717) is 6.04 Å². The molecule has 2 unspecified atom stereocenters. The Labute approximate surface area is 48.1 Å². The Hall–Kier alpha value is -0.600. The van der Waals surface area contributed by atoms with E-state index in [1.165, 1.54) is 0 Å². The van der Waals surface area contributed by atoms with Gasteiger partial charge in [0.2, 0.25) is 0 Å². The van der Waals surface area contributed by atoms with E-state index in [-0.39, 0.29) is 5.66 Å². The van der Waals surface area contributed by atoms with Gasteiger partial charge in [0.05, 0.1) is 6.04 Å². The van der Waals surface area contributed by atoms with E-state index >= 15 is 0 Å². The molecule has 1 heterocycles. The number of hydrogen-bond acceptors (Lipinski definition) is 2. The molecule has 2 atom stereocenters. The second-order valence-electron chi connectivity index (χ2n) is 2.30. The van der Waals surface area contributed by atoms with Gasteiger partial charge in [0.1, 0.15) is 5.66 Å². The minimum Gasteiger partial charge on any atom is -0.308 e. The van der Waals surface area contributed by atoms with Crippen molar-refractivity contribution in [3.63, 3.8) is 0 Å². The molecule has 1 saturated heterocycles. The van der Waals surface area contributed by atoms with Gasteiger partial charge in [0.25, 0.3) is 0 Å². The maximum Gasteiger partial charge on any atom is 0.106 e. The molecule has 2 rings (SSSR count). The van der Waals surface area contributed by atoms with Crippen LogP contribution in [0.25, 0.3) is 0 Å². The fourth-order valence-corrected chi connectivity index (χ4v) is 0.977. The van der Waals surface area contributed by atoms with Crippen LogP contribution in [0.15, 0.2) is 24.3 Å². The van der Waals surface area contributed by atoms with Crippen molar-refractivity contribution in [1.82, 2.24) is 5.32 Å². The third kappa shape index (κ3) is 0.389. The van der Waals surface area contributed by atoms with Crippen LogP contribution in [0.5, 0.6) is 0 Å². The summed E-state index contributed by atoms with van der Waals surface area (Å²) in [6.45, 7) is 0. The molecule has 0 aromatic carbocycles. The molecule has 42 valence electrons. The molecule has 3 N–H and O–H groups in total. The number of rotatable bonds is 0. The molecule has 0 bridgehead atoms. The Morgan fingerprint density at radius 1 is 1.50 bits per heavy atom. The molecule has 0 aromatic rings. The largest absolute Gasteiger partial charge is 0.308 e. The summed E-state index contributed by atoms with van der Waals surface area (Å²) in [7, 11) is 0. The summed E-state index contributed by atoms with van der Waals surface area (Å²) in [5.41, 5.74) is 5.53. The average molecular weight is 108 g/mol. The molecule has 0 radical (unpaired) electrons. The second-order valence-corrected chi connectivity index (χ2v) is 2.30. The Kier molecular flexibility index (Phi) is 0.558. The van der Waals surface area contributed by atoms with Crippen molar-refractivity contribution in [2.45, 2.75) is 11.7 Å². The first kappa shape index (κ1) is 4.30. The third-order valence-corrected chi connectivity index (χ3v) is 1.62. The number of fused-ring (bicyclic) bond motifs is 1. The minimum atomic E-state index is -0.172. The van der Waals surface area contributed by atoms with Gasteiger partial charge in [-0.2, -0.15) is 0 Å². The first-order chi connectivity index (χ1) is 3.81. The van der Waals surface area contributed by atoms with Gasteiger partial charge in [-0.1, -0.05) is 18.2 Å². The fraction of sp³-hybridized carbons (Fsp3) is 0.333. The van der Waals surface area contributed by atoms with E-state index in [2.05, 4.69) is 11.4 Å². The summed E-state index contributed by atoms with van der Waals surface area (Å²) in [6, 6.07) is 0.410. The molecule has 0 amide bonds. The lowest BCUT2D eigenvalue weighted by Crippen LogP contribution is -2.26. The zero-order valence-corrected chi connectivity index (χ0v) is 4.46. The Bertz CT molecular complexity index is 171. The number of allylic oxidation sites excluding steroid dienone is 2. The molecule has 0 aromatic heterocycles. The molecule has 0 spiro atoms. The smallest absolute Gasteiger partial charge is 0.106 e. The van der Waals surface area contributed by atoms with Gasteiger partial charge in [-0.15, -0.1) is 0 Å². The van der Waals surface area contributed by atoms with Crippen LogP contribution in [0.1, 0.15) is 0 Å². The molecule has 2 aliphatic rings. The van der Waals surface area contributed by atoms with Crippen molar-refractivity contribution < 1.29 is 0 Å². The van der Waals surface area contributed by atoms with Gasteiger partial charge in [0, 0.05) is 0 Å². The number of hydrogen-bond donors (Lipinski definition) is 2. The van der Waals surface area contributed by atoms with Gasteiger partial charge in [-0.3, -0.25) is 5.32 Å². The van der Waals surface area contributed by atoms with Gasteiger partial charge in [-0.05, 0) is 6.08 Å². The maximum absolute atomic E-state index is 5.70. The average Bonchev–Trinajstić information content (AvgIpc) is 2.39. The van der Waals surface area contributed by atoms with Crippen molar-refractivity contribution in [2.75, 3.05) is 0 Å². The highest BCUT2D eigenvalue weighted by atomic mass is 15.3. The first-order valence-corrected chi connectivity index (χ1v) is 2.74. The van der Waals surface area contributed by atoms with Crippen LogP contribution in [-0.2, 0) is 0 Å². The SMILES string of the molecule is NC12C=CC=CC1N2. The molecule has 2 nitrogen and oxygen atoms in total. The predicted molar refractivity (Wildman–Crippen MR) is 32.1 cm³/mol. The molecule has 0 saturated carbocycles. The molecule has 2 heteroatoms. The van der Waals surface area contributed by atoms with E-state index < -0.39 is 0 Å². The first-order valence-electron chi connectivity index (χ1n) is 2.74. The topological polar surface area (TPSA) is 48.0 Å². The molecular formula is C6H8N2. The van der Waals surface area contributed by atoms with E-state index in [9.17, 15) is 0 Å². The normalized spacial score (nSPS) is 48.9. The van der Waals surface area contributed by atoms with Gasteiger partial charge >= 0.3 is 0 Å². The Balaban J connectivity index is 2.33. The van der Waals surface area contributed by atoms with E-state index in [1.807, 2.05) is 18.2 Å². The molecule has 1 aliphatic carbocycles.